The zero-order valence-electron chi connectivity index (χ0n) is 15.7. The molecule has 4 heterocycles. The monoisotopic (exact) mass is 369 g/mol. The van der Waals surface area contributed by atoms with E-state index in [1.165, 1.54) is 5.56 Å². The molecule has 0 saturated carbocycles. The Labute approximate surface area is 160 Å². The molecule has 4 rings (SSSR count). The molecule has 0 radical (unpaired) electrons. The van der Waals surface area contributed by atoms with Gasteiger partial charge in [-0.25, -0.2) is 4.98 Å². The lowest BCUT2D eigenvalue weighted by molar-refractivity contribution is -0.134. The number of hydrogen-bond acceptors (Lipinski definition) is 5. The third-order valence-electron chi connectivity index (χ3n) is 5.45. The summed E-state index contributed by atoms with van der Waals surface area (Å²) in [6.07, 6.45) is 9.64. The summed E-state index contributed by atoms with van der Waals surface area (Å²) in [5.74, 6) is 1.61. The maximum Gasteiger partial charge on any atom is 0.236 e. The number of imidazole rings is 1. The first-order valence-electron chi connectivity index (χ1n) is 9.77. The lowest BCUT2D eigenvalue weighted by atomic mass is 9.97. The molecule has 7 nitrogen and oxygen atoms in total. The molecule has 27 heavy (non-hydrogen) atoms. The van der Waals surface area contributed by atoms with Crippen molar-refractivity contribution < 1.29 is 9.53 Å². The first-order valence-corrected chi connectivity index (χ1v) is 9.77. The van der Waals surface area contributed by atoms with Crippen molar-refractivity contribution in [1.29, 1.82) is 0 Å². The Morgan fingerprint density at radius 3 is 2.78 bits per heavy atom. The van der Waals surface area contributed by atoms with Crippen LogP contribution in [0.5, 0.6) is 0 Å². The van der Waals surface area contributed by atoms with Crippen molar-refractivity contribution in [1.82, 2.24) is 24.3 Å². The summed E-state index contributed by atoms with van der Waals surface area (Å²) in [6, 6.07) is 4.06. The second kappa shape index (κ2) is 8.63. The number of hydrogen-bond donors (Lipinski definition) is 0. The van der Waals surface area contributed by atoms with Crippen molar-refractivity contribution in [2.24, 2.45) is 0 Å². The van der Waals surface area contributed by atoms with Gasteiger partial charge in [0.15, 0.2) is 0 Å². The van der Waals surface area contributed by atoms with E-state index in [0.717, 1.165) is 64.6 Å². The normalized spacial score (nSPS) is 21.3. The van der Waals surface area contributed by atoms with Gasteiger partial charge in [0.2, 0.25) is 5.91 Å². The van der Waals surface area contributed by atoms with E-state index in [9.17, 15) is 4.79 Å². The minimum atomic E-state index is 0.230. The van der Waals surface area contributed by atoms with E-state index in [1.807, 2.05) is 41.8 Å². The Morgan fingerprint density at radius 1 is 1.15 bits per heavy atom. The molecule has 0 bridgehead atoms. The Hall–Kier alpha value is -2.25. The standard InChI is InChI=1S/C20H27N5O2/c26-19(16-23-10-12-27-13-11-23)24-8-1-2-18(15-24)20-22-7-9-25(20)14-17-3-5-21-6-4-17/h3-7,9,18H,1-2,8,10-16H2/t18-/m1/s1. The number of piperidine rings is 1. The van der Waals surface area contributed by atoms with Crippen LogP contribution in [-0.4, -0.2) is 76.2 Å². The summed E-state index contributed by atoms with van der Waals surface area (Å²) in [6.45, 7) is 6.04. The summed E-state index contributed by atoms with van der Waals surface area (Å²) in [5.41, 5.74) is 1.21. The average molecular weight is 369 g/mol. The highest BCUT2D eigenvalue weighted by atomic mass is 16.5. The first kappa shape index (κ1) is 18.1. The molecule has 7 heteroatoms. The van der Waals surface area contributed by atoms with E-state index in [1.54, 1.807) is 0 Å². The fourth-order valence-electron chi connectivity index (χ4n) is 3.96. The molecule has 0 aliphatic carbocycles. The molecule has 0 aromatic carbocycles. The van der Waals surface area contributed by atoms with Crippen LogP contribution in [0.3, 0.4) is 0 Å². The molecule has 0 N–H and O–H groups in total. The highest BCUT2D eigenvalue weighted by molar-refractivity contribution is 5.78. The number of carbonyl (C=O) groups is 1. The summed E-state index contributed by atoms with van der Waals surface area (Å²) >= 11 is 0. The van der Waals surface area contributed by atoms with Crippen molar-refractivity contribution >= 4 is 5.91 Å². The van der Waals surface area contributed by atoms with Gasteiger partial charge in [0, 0.05) is 63.4 Å². The maximum atomic E-state index is 12.8. The molecule has 1 amide bonds. The predicted molar refractivity (Wildman–Crippen MR) is 101 cm³/mol. The average Bonchev–Trinajstić information content (AvgIpc) is 3.18. The number of rotatable bonds is 5. The van der Waals surface area contributed by atoms with Gasteiger partial charge in [-0.2, -0.15) is 0 Å². The van der Waals surface area contributed by atoms with E-state index >= 15 is 0 Å². The van der Waals surface area contributed by atoms with Gasteiger partial charge in [0.1, 0.15) is 5.82 Å². The molecule has 144 valence electrons. The van der Waals surface area contributed by atoms with Crippen molar-refractivity contribution in [2.45, 2.75) is 25.3 Å². The van der Waals surface area contributed by atoms with Crippen molar-refractivity contribution in [2.75, 3.05) is 45.9 Å². The van der Waals surface area contributed by atoms with Crippen LogP contribution in [0.25, 0.3) is 0 Å². The lowest BCUT2D eigenvalue weighted by Crippen LogP contribution is -2.47. The third-order valence-corrected chi connectivity index (χ3v) is 5.45. The Bertz CT molecular complexity index is 742. The number of nitrogens with zero attached hydrogens (tertiary/aromatic N) is 5. The summed E-state index contributed by atoms with van der Waals surface area (Å²) in [7, 11) is 0. The third kappa shape index (κ3) is 4.54. The van der Waals surface area contributed by atoms with E-state index in [-0.39, 0.29) is 5.91 Å². The second-order valence-electron chi connectivity index (χ2n) is 7.34. The van der Waals surface area contributed by atoms with Gasteiger partial charge in [0.05, 0.1) is 19.8 Å². The van der Waals surface area contributed by atoms with E-state index in [4.69, 9.17) is 4.74 Å². The van der Waals surface area contributed by atoms with Gasteiger partial charge in [-0.1, -0.05) is 0 Å². The van der Waals surface area contributed by atoms with Gasteiger partial charge in [-0.15, -0.1) is 0 Å². The van der Waals surface area contributed by atoms with Crippen molar-refractivity contribution in [3.05, 3.63) is 48.3 Å². The highest BCUT2D eigenvalue weighted by Gasteiger charge is 2.28. The maximum absolute atomic E-state index is 12.8. The summed E-state index contributed by atoms with van der Waals surface area (Å²) in [4.78, 5) is 25.7. The molecule has 1 atom stereocenters. The molecule has 2 aromatic heterocycles. The van der Waals surface area contributed by atoms with Crippen LogP contribution in [0, 0.1) is 0 Å². The molecular weight excluding hydrogens is 342 g/mol. The number of carbonyl (C=O) groups excluding carboxylic acids is 1. The van der Waals surface area contributed by atoms with Gasteiger partial charge in [-0.05, 0) is 30.5 Å². The minimum absolute atomic E-state index is 0.230. The molecule has 2 aliphatic rings. The number of amides is 1. The topological polar surface area (TPSA) is 63.5 Å². The largest absolute Gasteiger partial charge is 0.379 e. The molecule has 0 spiro atoms. The van der Waals surface area contributed by atoms with E-state index in [2.05, 4.69) is 19.4 Å². The molecule has 2 fully saturated rings. The van der Waals surface area contributed by atoms with Crippen LogP contribution in [0.15, 0.2) is 36.9 Å². The van der Waals surface area contributed by atoms with Crippen LogP contribution in [0.2, 0.25) is 0 Å². The van der Waals surface area contributed by atoms with Gasteiger partial charge < -0.3 is 14.2 Å². The van der Waals surface area contributed by atoms with Crippen LogP contribution in [0.1, 0.15) is 30.1 Å². The fourth-order valence-corrected chi connectivity index (χ4v) is 3.96. The number of morpholine rings is 1. The van der Waals surface area contributed by atoms with E-state index < -0.39 is 0 Å². The van der Waals surface area contributed by atoms with Gasteiger partial charge in [0.25, 0.3) is 0 Å². The smallest absolute Gasteiger partial charge is 0.236 e. The Kier molecular flexibility index (Phi) is 5.79. The molecule has 0 unspecified atom stereocenters. The van der Waals surface area contributed by atoms with E-state index in [0.29, 0.717) is 12.5 Å². The van der Waals surface area contributed by atoms with Crippen LogP contribution in [-0.2, 0) is 16.1 Å². The SMILES string of the molecule is O=C(CN1CCOCC1)N1CCC[C@@H](c2nccn2Cc2ccncc2)C1. The fraction of sp³-hybridized carbons (Fsp3) is 0.550. The predicted octanol–water partition coefficient (Wildman–Crippen LogP) is 1.36. The van der Waals surface area contributed by atoms with Crippen molar-refractivity contribution in [3.8, 4) is 0 Å². The Morgan fingerprint density at radius 2 is 1.96 bits per heavy atom. The summed E-state index contributed by atoms with van der Waals surface area (Å²) in [5, 5.41) is 0. The highest BCUT2D eigenvalue weighted by Crippen LogP contribution is 2.26. The molecule has 2 aliphatic heterocycles. The summed E-state index contributed by atoms with van der Waals surface area (Å²) < 4.78 is 7.58. The molecule has 2 aromatic rings. The Balaban J connectivity index is 1.39. The first-order chi connectivity index (χ1) is 13.3. The second-order valence-corrected chi connectivity index (χ2v) is 7.34. The number of aromatic nitrogens is 3. The minimum Gasteiger partial charge on any atom is -0.379 e. The van der Waals surface area contributed by atoms with Crippen LogP contribution in [0.4, 0.5) is 0 Å². The van der Waals surface area contributed by atoms with Crippen LogP contribution >= 0.6 is 0 Å². The quantitative estimate of drug-likeness (QED) is 0.796. The van der Waals surface area contributed by atoms with Crippen molar-refractivity contribution in [3.63, 3.8) is 0 Å². The molecular formula is C20H27N5O2. The number of likely N-dealkylation sites (tertiary alicyclic amines) is 1. The zero-order valence-corrected chi connectivity index (χ0v) is 15.7. The molecule has 2 saturated heterocycles. The van der Waals surface area contributed by atoms with Gasteiger partial charge >= 0.3 is 0 Å². The number of pyridine rings is 1. The van der Waals surface area contributed by atoms with Gasteiger partial charge in [-0.3, -0.25) is 14.7 Å². The van der Waals surface area contributed by atoms with Crippen LogP contribution < -0.4 is 0 Å². The zero-order chi connectivity index (χ0) is 18.5. The lowest BCUT2D eigenvalue weighted by Gasteiger charge is -2.35. The number of ether oxygens (including phenoxy) is 1.